The third kappa shape index (κ3) is 4.18. The third-order valence-corrected chi connectivity index (χ3v) is 2.72. The first kappa shape index (κ1) is 13.0. The summed E-state index contributed by atoms with van der Waals surface area (Å²) in [5, 5.41) is 8.46. The highest BCUT2D eigenvalue weighted by Crippen LogP contribution is 2.10. The summed E-state index contributed by atoms with van der Waals surface area (Å²) in [5.74, 6) is -0.687. The first-order valence-electron chi connectivity index (χ1n) is 5.70. The van der Waals surface area contributed by atoms with Crippen LogP contribution in [0.4, 0.5) is 0 Å². The molecule has 0 aromatic carbocycles. The van der Waals surface area contributed by atoms with Gasteiger partial charge in [-0.05, 0) is 19.8 Å². The molecule has 0 aromatic heterocycles. The molecule has 5 nitrogen and oxygen atoms in total. The molecule has 1 aliphatic rings. The van der Waals surface area contributed by atoms with Gasteiger partial charge in [0.05, 0.1) is 19.3 Å². The zero-order valence-corrected chi connectivity index (χ0v) is 9.65. The third-order valence-electron chi connectivity index (χ3n) is 2.72. The molecule has 1 saturated heterocycles. The summed E-state index contributed by atoms with van der Waals surface area (Å²) in [6.45, 7) is 3.82. The van der Waals surface area contributed by atoms with E-state index in [2.05, 4.69) is 0 Å². The van der Waals surface area contributed by atoms with Crippen LogP contribution < -0.4 is 0 Å². The van der Waals surface area contributed by atoms with Gasteiger partial charge >= 0.3 is 5.97 Å². The predicted molar refractivity (Wildman–Crippen MR) is 58.1 cm³/mol. The van der Waals surface area contributed by atoms with E-state index in [0.29, 0.717) is 39.0 Å². The number of carboxylic acid groups (broad SMARTS) is 1. The van der Waals surface area contributed by atoms with Crippen molar-refractivity contribution in [3.05, 3.63) is 0 Å². The standard InChI is InChI=1S/C11H19NO4/c1-9-8-16-7-6-12(9)10(13)4-2-3-5-11(14)15/h9H,2-8H2,1H3,(H,14,15)/t9-/m1/s1. The molecule has 0 aliphatic carbocycles. The second-order valence-electron chi connectivity index (χ2n) is 4.11. The van der Waals surface area contributed by atoms with E-state index in [0.717, 1.165) is 0 Å². The van der Waals surface area contributed by atoms with Crippen LogP contribution in [0.2, 0.25) is 0 Å². The van der Waals surface area contributed by atoms with Gasteiger partial charge in [0.2, 0.25) is 5.91 Å². The summed E-state index contributed by atoms with van der Waals surface area (Å²) in [5.41, 5.74) is 0. The number of nitrogens with zero attached hydrogens (tertiary/aromatic N) is 1. The van der Waals surface area contributed by atoms with Gasteiger partial charge in [0.15, 0.2) is 0 Å². The van der Waals surface area contributed by atoms with E-state index < -0.39 is 5.97 Å². The number of rotatable bonds is 5. The van der Waals surface area contributed by atoms with Gasteiger partial charge in [-0.1, -0.05) is 0 Å². The van der Waals surface area contributed by atoms with Crippen molar-refractivity contribution in [2.24, 2.45) is 0 Å². The Morgan fingerprint density at radius 1 is 1.38 bits per heavy atom. The molecule has 1 rings (SSSR count). The maximum Gasteiger partial charge on any atom is 0.303 e. The maximum absolute atomic E-state index is 11.8. The van der Waals surface area contributed by atoms with Crippen molar-refractivity contribution in [2.75, 3.05) is 19.8 Å². The van der Waals surface area contributed by atoms with Crippen molar-refractivity contribution < 1.29 is 19.4 Å². The van der Waals surface area contributed by atoms with Gasteiger partial charge in [0.1, 0.15) is 0 Å². The molecule has 0 unspecified atom stereocenters. The van der Waals surface area contributed by atoms with Crippen LogP contribution in [-0.2, 0) is 14.3 Å². The second kappa shape index (κ2) is 6.48. The van der Waals surface area contributed by atoms with Gasteiger partial charge in [-0.3, -0.25) is 9.59 Å². The zero-order valence-electron chi connectivity index (χ0n) is 9.65. The number of carboxylic acids is 1. The average Bonchev–Trinajstić information content (AvgIpc) is 2.24. The summed E-state index contributed by atoms with van der Waals surface area (Å²) in [4.78, 5) is 23.9. The zero-order chi connectivity index (χ0) is 12.0. The lowest BCUT2D eigenvalue weighted by Crippen LogP contribution is -2.47. The number of morpholine rings is 1. The van der Waals surface area contributed by atoms with Gasteiger partial charge in [-0.15, -0.1) is 0 Å². The smallest absolute Gasteiger partial charge is 0.303 e. The molecule has 1 amide bonds. The molecule has 16 heavy (non-hydrogen) atoms. The van der Waals surface area contributed by atoms with Crippen molar-refractivity contribution in [1.82, 2.24) is 4.90 Å². The summed E-state index contributed by atoms with van der Waals surface area (Å²) < 4.78 is 5.25. The fraction of sp³-hybridized carbons (Fsp3) is 0.818. The Kier molecular flexibility index (Phi) is 5.25. The molecular formula is C11H19NO4. The monoisotopic (exact) mass is 229 g/mol. The van der Waals surface area contributed by atoms with Crippen LogP contribution >= 0.6 is 0 Å². The summed E-state index contributed by atoms with van der Waals surface area (Å²) in [7, 11) is 0. The van der Waals surface area contributed by atoms with E-state index in [9.17, 15) is 9.59 Å². The minimum atomic E-state index is -0.799. The van der Waals surface area contributed by atoms with E-state index >= 15 is 0 Å². The summed E-state index contributed by atoms with van der Waals surface area (Å²) in [6, 6.07) is 0.140. The van der Waals surface area contributed by atoms with Crippen molar-refractivity contribution in [3.63, 3.8) is 0 Å². The number of ether oxygens (including phenoxy) is 1. The highest BCUT2D eigenvalue weighted by Gasteiger charge is 2.22. The van der Waals surface area contributed by atoms with Gasteiger partial charge in [-0.2, -0.15) is 0 Å². The lowest BCUT2D eigenvalue weighted by molar-refractivity contribution is -0.140. The number of amides is 1. The normalized spacial score (nSPS) is 20.8. The van der Waals surface area contributed by atoms with Crippen LogP contribution in [0.25, 0.3) is 0 Å². The number of carbonyl (C=O) groups is 2. The molecule has 0 bridgehead atoms. The molecule has 5 heteroatoms. The first-order chi connectivity index (χ1) is 7.61. The predicted octanol–water partition coefficient (Wildman–Crippen LogP) is 0.879. The van der Waals surface area contributed by atoms with E-state index in [1.807, 2.05) is 11.8 Å². The lowest BCUT2D eigenvalue weighted by atomic mass is 10.1. The van der Waals surface area contributed by atoms with Gasteiger partial charge in [-0.25, -0.2) is 0 Å². The van der Waals surface area contributed by atoms with Crippen molar-refractivity contribution in [3.8, 4) is 0 Å². The molecule has 1 fully saturated rings. The molecule has 1 heterocycles. The van der Waals surface area contributed by atoms with Crippen molar-refractivity contribution in [1.29, 1.82) is 0 Å². The first-order valence-corrected chi connectivity index (χ1v) is 5.70. The second-order valence-corrected chi connectivity index (χ2v) is 4.11. The molecule has 1 N–H and O–H groups in total. The molecule has 0 saturated carbocycles. The molecule has 0 spiro atoms. The quantitative estimate of drug-likeness (QED) is 0.711. The Bertz CT molecular complexity index is 254. The minimum Gasteiger partial charge on any atom is -0.481 e. The van der Waals surface area contributed by atoms with Crippen LogP contribution in [0.3, 0.4) is 0 Å². The van der Waals surface area contributed by atoms with Gasteiger partial charge in [0, 0.05) is 19.4 Å². The SMILES string of the molecule is C[C@@H]1COCCN1C(=O)CCCCC(=O)O. The molecular weight excluding hydrogens is 210 g/mol. The van der Waals surface area contributed by atoms with E-state index in [1.165, 1.54) is 0 Å². The number of carbonyl (C=O) groups excluding carboxylic acids is 1. The summed E-state index contributed by atoms with van der Waals surface area (Å²) >= 11 is 0. The fourth-order valence-corrected chi connectivity index (χ4v) is 1.79. The van der Waals surface area contributed by atoms with Gasteiger partial charge in [0.25, 0.3) is 0 Å². The Labute approximate surface area is 95.4 Å². The molecule has 1 aliphatic heterocycles. The number of aliphatic carboxylic acids is 1. The summed E-state index contributed by atoms with van der Waals surface area (Å²) in [6.07, 6.45) is 1.80. The van der Waals surface area contributed by atoms with Crippen LogP contribution in [0.15, 0.2) is 0 Å². The maximum atomic E-state index is 11.8. The van der Waals surface area contributed by atoms with Crippen LogP contribution in [-0.4, -0.2) is 47.7 Å². The van der Waals surface area contributed by atoms with E-state index in [4.69, 9.17) is 9.84 Å². The lowest BCUT2D eigenvalue weighted by Gasteiger charge is -2.33. The number of hydrogen-bond donors (Lipinski definition) is 1. The van der Waals surface area contributed by atoms with Crippen LogP contribution in [0.5, 0.6) is 0 Å². The Morgan fingerprint density at radius 3 is 2.69 bits per heavy atom. The minimum absolute atomic E-state index is 0.112. The largest absolute Gasteiger partial charge is 0.481 e. The number of hydrogen-bond acceptors (Lipinski definition) is 3. The Hall–Kier alpha value is -1.10. The molecule has 0 aromatic rings. The molecule has 0 radical (unpaired) electrons. The fourth-order valence-electron chi connectivity index (χ4n) is 1.79. The van der Waals surface area contributed by atoms with Gasteiger partial charge < -0.3 is 14.7 Å². The van der Waals surface area contributed by atoms with E-state index in [-0.39, 0.29) is 18.4 Å². The highest BCUT2D eigenvalue weighted by molar-refractivity contribution is 5.76. The van der Waals surface area contributed by atoms with Crippen molar-refractivity contribution in [2.45, 2.75) is 38.6 Å². The Morgan fingerprint density at radius 2 is 2.06 bits per heavy atom. The molecule has 1 atom stereocenters. The topological polar surface area (TPSA) is 66.8 Å². The van der Waals surface area contributed by atoms with Crippen LogP contribution in [0, 0.1) is 0 Å². The number of unbranched alkanes of at least 4 members (excludes halogenated alkanes) is 1. The van der Waals surface area contributed by atoms with Crippen molar-refractivity contribution >= 4 is 11.9 Å². The highest BCUT2D eigenvalue weighted by atomic mass is 16.5. The average molecular weight is 229 g/mol. The van der Waals surface area contributed by atoms with E-state index in [1.54, 1.807) is 0 Å². The van der Waals surface area contributed by atoms with Crippen LogP contribution in [0.1, 0.15) is 32.6 Å². The Balaban J connectivity index is 2.20. The molecule has 92 valence electrons.